The maximum atomic E-state index is 13.0. The zero-order valence-corrected chi connectivity index (χ0v) is 15.0. The molecule has 0 N–H and O–H groups in total. The summed E-state index contributed by atoms with van der Waals surface area (Å²) < 4.78 is 0. The van der Waals surface area contributed by atoms with E-state index in [2.05, 4.69) is 15.0 Å². The summed E-state index contributed by atoms with van der Waals surface area (Å²) in [4.78, 5) is 30.2. The molecular weight excluding hydrogens is 326 g/mol. The number of pyridine rings is 1. The van der Waals surface area contributed by atoms with Gasteiger partial charge in [0.05, 0.1) is 16.8 Å². The van der Waals surface area contributed by atoms with Crippen LogP contribution >= 0.6 is 0 Å². The van der Waals surface area contributed by atoms with Crippen molar-refractivity contribution in [2.24, 2.45) is 0 Å². The van der Waals surface area contributed by atoms with Gasteiger partial charge in [0.25, 0.3) is 5.91 Å². The number of carbonyl (C=O) groups excluding carboxylic acids is 1. The van der Waals surface area contributed by atoms with Crippen molar-refractivity contribution in [3.05, 3.63) is 59.7 Å². The van der Waals surface area contributed by atoms with Gasteiger partial charge in [0, 0.05) is 50.8 Å². The molecule has 1 aliphatic heterocycles. The molecule has 1 aliphatic rings. The van der Waals surface area contributed by atoms with E-state index in [1.165, 1.54) is 0 Å². The summed E-state index contributed by atoms with van der Waals surface area (Å²) in [5.41, 5.74) is 3.71. The molecule has 3 aromatic rings. The SMILES string of the molecule is CN(C)c1ncnc2c1CCN(C(=O)c1cnc3ccccc3c1)CC2. The maximum absolute atomic E-state index is 13.0. The van der Waals surface area contributed by atoms with E-state index in [0.29, 0.717) is 18.7 Å². The van der Waals surface area contributed by atoms with Crippen LogP contribution in [0.15, 0.2) is 42.9 Å². The van der Waals surface area contributed by atoms with E-state index < -0.39 is 0 Å². The monoisotopic (exact) mass is 347 g/mol. The predicted octanol–water partition coefficient (Wildman–Crippen LogP) is 2.33. The van der Waals surface area contributed by atoms with Gasteiger partial charge in [-0.25, -0.2) is 9.97 Å². The van der Waals surface area contributed by atoms with Crippen LogP contribution in [0.5, 0.6) is 0 Å². The van der Waals surface area contributed by atoms with Gasteiger partial charge in [0.1, 0.15) is 12.1 Å². The number of fused-ring (bicyclic) bond motifs is 2. The molecule has 26 heavy (non-hydrogen) atoms. The van der Waals surface area contributed by atoms with Crippen LogP contribution in [-0.2, 0) is 12.8 Å². The molecule has 0 unspecified atom stereocenters. The van der Waals surface area contributed by atoms with E-state index in [4.69, 9.17) is 0 Å². The van der Waals surface area contributed by atoms with Crippen molar-refractivity contribution in [2.75, 3.05) is 32.1 Å². The van der Waals surface area contributed by atoms with E-state index >= 15 is 0 Å². The molecule has 132 valence electrons. The minimum atomic E-state index is 0.0235. The van der Waals surface area contributed by atoms with Crippen molar-refractivity contribution in [2.45, 2.75) is 12.8 Å². The fourth-order valence-electron chi connectivity index (χ4n) is 3.47. The zero-order valence-electron chi connectivity index (χ0n) is 15.0. The van der Waals surface area contributed by atoms with Crippen LogP contribution in [0, 0.1) is 0 Å². The lowest BCUT2D eigenvalue weighted by atomic mass is 10.1. The Bertz CT molecular complexity index is 969. The molecule has 2 aromatic heterocycles. The van der Waals surface area contributed by atoms with E-state index in [9.17, 15) is 4.79 Å². The van der Waals surface area contributed by atoms with Crippen LogP contribution in [0.2, 0.25) is 0 Å². The number of amides is 1. The average molecular weight is 347 g/mol. The van der Waals surface area contributed by atoms with Crippen molar-refractivity contribution >= 4 is 22.6 Å². The number of nitrogens with zero attached hydrogens (tertiary/aromatic N) is 5. The Morgan fingerprint density at radius 1 is 1.08 bits per heavy atom. The number of para-hydroxylation sites is 1. The van der Waals surface area contributed by atoms with Crippen molar-refractivity contribution in [3.63, 3.8) is 0 Å². The highest BCUT2D eigenvalue weighted by molar-refractivity contribution is 5.97. The summed E-state index contributed by atoms with van der Waals surface area (Å²) >= 11 is 0. The van der Waals surface area contributed by atoms with Gasteiger partial charge in [-0.15, -0.1) is 0 Å². The highest BCUT2D eigenvalue weighted by atomic mass is 16.2. The summed E-state index contributed by atoms with van der Waals surface area (Å²) in [7, 11) is 3.97. The first-order valence-corrected chi connectivity index (χ1v) is 8.77. The summed E-state index contributed by atoms with van der Waals surface area (Å²) in [6, 6.07) is 9.77. The van der Waals surface area contributed by atoms with Crippen LogP contribution in [0.1, 0.15) is 21.6 Å². The zero-order chi connectivity index (χ0) is 18.1. The Balaban J connectivity index is 1.59. The summed E-state index contributed by atoms with van der Waals surface area (Å²) in [6.07, 6.45) is 4.79. The van der Waals surface area contributed by atoms with E-state index in [0.717, 1.165) is 40.8 Å². The third-order valence-electron chi connectivity index (χ3n) is 4.81. The van der Waals surface area contributed by atoms with Gasteiger partial charge in [-0.3, -0.25) is 9.78 Å². The average Bonchev–Trinajstić information content (AvgIpc) is 2.89. The second-order valence-corrected chi connectivity index (χ2v) is 6.73. The molecule has 1 amide bonds. The fourth-order valence-corrected chi connectivity index (χ4v) is 3.47. The minimum Gasteiger partial charge on any atom is -0.362 e. The van der Waals surface area contributed by atoms with Crippen LogP contribution in [-0.4, -0.2) is 52.9 Å². The highest BCUT2D eigenvalue weighted by Crippen LogP contribution is 2.23. The van der Waals surface area contributed by atoms with E-state index in [-0.39, 0.29) is 5.91 Å². The fraction of sp³-hybridized carbons (Fsp3) is 0.300. The van der Waals surface area contributed by atoms with Crippen LogP contribution in [0.25, 0.3) is 10.9 Å². The molecule has 0 bridgehead atoms. The lowest BCUT2D eigenvalue weighted by Crippen LogP contribution is -2.33. The number of hydrogen-bond acceptors (Lipinski definition) is 5. The molecule has 4 rings (SSSR count). The number of aromatic nitrogens is 3. The topological polar surface area (TPSA) is 62.2 Å². The number of hydrogen-bond donors (Lipinski definition) is 0. The van der Waals surface area contributed by atoms with Crippen LogP contribution in [0.3, 0.4) is 0 Å². The molecule has 0 aliphatic carbocycles. The molecule has 0 spiro atoms. The van der Waals surface area contributed by atoms with Crippen molar-refractivity contribution in [3.8, 4) is 0 Å². The molecule has 0 atom stereocenters. The van der Waals surface area contributed by atoms with Gasteiger partial charge < -0.3 is 9.80 Å². The Morgan fingerprint density at radius 2 is 1.88 bits per heavy atom. The standard InChI is InChI=1S/C20H21N5O/c1-24(2)19-16-7-9-25(10-8-18(16)22-13-23-19)20(26)15-11-14-5-3-4-6-17(14)21-12-15/h3-6,11-13H,7-10H2,1-2H3. The number of rotatable bonds is 2. The Labute approximate surface area is 152 Å². The van der Waals surface area contributed by atoms with Gasteiger partial charge in [-0.1, -0.05) is 18.2 Å². The van der Waals surface area contributed by atoms with E-state index in [1.54, 1.807) is 12.5 Å². The quantitative estimate of drug-likeness (QED) is 0.712. The first kappa shape index (κ1) is 16.4. The van der Waals surface area contributed by atoms with Crippen molar-refractivity contribution < 1.29 is 4.79 Å². The van der Waals surface area contributed by atoms with Gasteiger partial charge in [-0.05, 0) is 18.6 Å². The van der Waals surface area contributed by atoms with Crippen LogP contribution in [0.4, 0.5) is 5.82 Å². The normalized spacial score (nSPS) is 14.0. The number of benzene rings is 1. The summed E-state index contributed by atoms with van der Waals surface area (Å²) in [5, 5.41) is 0.984. The van der Waals surface area contributed by atoms with Crippen molar-refractivity contribution in [1.29, 1.82) is 0 Å². The third kappa shape index (κ3) is 2.98. The number of anilines is 1. The van der Waals surface area contributed by atoms with E-state index in [1.807, 2.05) is 54.2 Å². The van der Waals surface area contributed by atoms with Gasteiger partial charge >= 0.3 is 0 Å². The number of carbonyl (C=O) groups is 1. The van der Waals surface area contributed by atoms with Crippen molar-refractivity contribution in [1.82, 2.24) is 19.9 Å². The maximum Gasteiger partial charge on any atom is 0.255 e. The first-order chi connectivity index (χ1) is 12.6. The molecule has 0 radical (unpaired) electrons. The molecule has 1 aromatic carbocycles. The Kier molecular flexibility index (Phi) is 4.24. The largest absolute Gasteiger partial charge is 0.362 e. The van der Waals surface area contributed by atoms with Gasteiger partial charge in [0.15, 0.2) is 0 Å². The molecule has 3 heterocycles. The summed E-state index contributed by atoms with van der Waals surface area (Å²) in [6.45, 7) is 1.31. The highest BCUT2D eigenvalue weighted by Gasteiger charge is 2.23. The smallest absolute Gasteiger partial charge is 0.255 e. The lowest BCUT2D eigenvalue weighted by Gasteiger charge is -2.20. The second-order valence-electron chi connectivity index (χ2n) is 6.73. The first-order valence-electron chi connectivity index (χ1n) is 8.77. The molecule has 6 heteroatoms. The lowest BCUT2D eigenvalue weighted by molar-refractivity contribution is 0.0762. The second kappa shape index (κ2) is 6.71. The molecule has 6 nitrogen and oxygen atoms in total. The van der Waals surface area contributed by atoms with Gasteiger partial charge in [-0.2, -0.15) is 0 Å². The summed E-state index contributed by atoms with van der Waals surface area (Å²) in [5.74, 6) is 0.965. The predicted molar refractivity (Wildman–Crippen MR) is 101 cm³/mol. The van der Waals surface area contributed by atoms with Gasteiger partial charge in [0.2, 0.25) is 0 Å². The Morgan fingerprint density at radius 3 is 2.73 bits per heavy atom. The third-order valence-corrected chi connectivity index (χ3v) is 4.81. The molecule has 0 saturated carbocycles. The molecule has 0 saturated heterocycles. The Hall–Kier alpha value is -3.02. The minimum absolute atomic E-state index is 0.0235. The molecule has 0 fully saturated rings. The molecular formula is C20H21N5O. The van der Waals surface area contributed by atoms with Crippen LogP contribution < -0.4 is 4.90 Å².